The van der Waals surface area contributed by atoms with Crippen LogP contribution >= 0.6 is 11.3 Å². The summed E-state index contributed by atoms with van der Waals surface area (Å²) in [6.07, 6.45) is 2.73. The van der Waals surface area contributed by atoms with E-state index in [1.165, 1.54) is 4.88 Å². The molecule has 0 saturated heterocycles. The van der Waals surface area contributed by atoms with Gasteiger partial charge in [-0.05, 0) is 27.2 Å². The van der Waals surface area contributed by atoms with E-state index >= 15 is 0 Å². The van der Waals surface area contributed by atoms with Crippen molar-refractivity contribution in [1.82, 2.24) is 15.6 Å². The molecule has 2 amide bonds. The first kappa shape index (κ1) is 16.4. The molecule has 112 valence electrons. The molecule has 0 fully saturated rings. The number of nitrogens with one attached hydrogen (secondary N) is 2. The number of thiazole rings is 1. The van der Waals surface area contributed by atoms with Crippen LogP contribution in [-0.4, -0.2) is 28.6 Å². The van der Waals surface area contributed by atoms with Crippen molar-refractivity contribution in [2.45, 2.75) is 40.2 Å². The first-order valence-electron chi connectivity index (χ1n) is 6.48. The van der Waals surface area contributed by atoms with E-state index < -0.39 is 11.4 Å². The molecule has 1 aromatic heterocycles. The summed E-state index contributed by atoms with van der Waals surface area (Å²) in [5.74, 6) is -0.946. The van der Waals surface area contributed by atoms with Crippen LogP contribution in [0.4, 0.5) is 4.79 Å². The molecule has 0 bridgehead atoms. The highest BCUT2D eigenvalue weighted by Gasteiger charge is 2.27. The largest absolute Gasteiger partial charge is 0.481 e. The zero-order valence-electron chi connectivity index (χ0n) is 12.2. The molecule has 1 unspecified atom stereocenters. The summed E-state index contributed by atoms with van der Waals surface area (Å²) in [4.78, 5) is 28.1. The Morgan fingerprint density at radius 1 is 1.50 bits per heavy atom. The fourth-order valence-electron chi connectivity index (χ4n) is 1.37. The van der Waals surface area contributed by atoms with Gasteiger partial charge in [0.2, 0.25) is 0 Å². The molecule has 0 saturated carbocycles. The number of aliphatic carboxylic acids is 1. The van der Waals surface area contributed by atoms with Crippen LogP contribution in [0.1, 0.15) is 43.6 Å². The first-order valence-corrected chi connectivity index (χ1v) is 7.30. The Morgan fingerprint density at radius 2 is 2.15 bits per heavy atom. The average molecular weight is 299 g/mol. The number of urea groups is 1. The Balaban J connectivity index is 2.48. The number of carboxylic acid groups (broad SMARTS) is 1. The van der Waals surface area contributed by atoms with E-state index in [0.717, 1.165) is 11.4 Å². The SMILES string of the molecule is CCc1cnc(C(C)NC(=O)NCC(C)(C)C(=O)O)s1. The van der Waals surface area contributed by atoms with E-state index in [-0.39, 0.29) is 18.6 Å². The van der Waals surface area contributed by atoms with Crippen molar-refractivity contribution in [3.05, 3.63) is 16.1 Å². The number of amides is 2. The highest BCUT2D eigenvalue weighted by Crippen LogP contribution is 2.20. The topological polar surface area (TPSA) is 91.3 Å². The minimum atomic E-state index is -0.989. The molecule has 1 rings (SSSR count). The number of nitrogens with zero attached hydrogens (tertiary/aromatic N) is 1. The number of carbonyl (C=O) groups excluding carboxylic acids is 1. The second-order valence-electron chi connectivity index (χ2n) is 5.26. The lowest BCUT2D eigenvalue weighted by atomic mass is 9.94. The van der Waals surface area contributed by atoms with Crippen LogP contribution in [0.25, 0.3) is 0 Å². The Kier molecular flexibility index (Phi) is 5.50. The van der Waals surface area contributed by atoms with Gasteiger partial charge in [-0.3, -0.25) is 4.79 Å². The smallest absolute Gasteiger partial charge is 0.315 e. The van der Waals surface area contributed by atoms with Crippen molar-refractivity contribution < 1.29 is 14.7 Å². The molecule has 20 heavy (non-hydrogen) atoms. The van der Waals surface area contributed by atoms with Gasteiger partial charge in [0.25, 0.3) is 0 Å². The first-order chi connectivity index (χ1) is 9.26. The maximum Gasteiger partial charge on any atom is 0.315 e. The van der Waals surface area contributed by atoms with Crippen molar-refractivity contribution >= 4 is 23.3 Å². The number of aryl methyl sites for hydroxylation is 1. The van der Waals surface area contributed by atoms with Gasteiger partial charge in [0, 0.05) is 17.6 Å². The summed E-state index contributed by atoms with van der Waals surface area (Å²) in [5.41, 5.74) is -0.989. The van der Waals surface area contributed by atoms with E-state index in [2.05, 4.69) is 22.5 Å². The molecule has 0 aliphatic rings. The van der Waals surface area contributed by atoms with Gasteiger partial charge in [0.15, 0.2) is 0 Å². The van der Waals surface area contributed by atoms with Crippen molar-refractivity contribution in [2.24, 2.45) is 5.41 Å². The van der Waals surface area contributed by atoms with Crippen LogP contribution < -0.4 is 10.6 Å². The highest BCUT2D eigenvalue weighted by atomic mass is 32.1. The van der Waals surface area contributed by atoms with Gasteiger partial charge in [0.1, 0.15) is 5.01 Å². The van der Waals surface area contributed by atoms with Crippen molar-refractivity contribution in [3.63, 3.8) is 0 Å². The number of rotatable bonds is 6. The molecule has 0 aromatic carbocycles. The molecule has 3 N–H and O–H groups in total. The molecule has 0 spiro atoms. The quantitative estimate of drug-likeness (QED) is 0.750. The van der Waals surface area contributed by atoms with Crippen LogP contribution in [0.5, 0.6) is 0 Å². The Morgan fingerprint density at radius 3 is 2.65 bits per heavy atom. The number of carbonyl (C=O) groups is 2. The zero-order valence-corrected chi connectivity index (χ0v) is 13.0. The summed E-state index contributed by atoms with van der Waals surface area (Å²) >= 11 is 1.56. The van der Waals surface area contributed by atoms with E-state index in [1.54, 1.807) is 25.2 Å². The number of hydrogen-bond donors (Lipinski definition) is 3. The average Bonchev–Trinajstić information content (AvgIpc) is 2.85. The van der Waals surface area contributed by atoms with Gasteiger partial charge in [-0.25, -0.2) is 9.78 Å². The zero-order chi connectivity index (χ0) is 15.3. The minimum Gasteiger partial charge on any atom is -0.481 e. The monoisotopic (exact) mass is 299 g/mol. The van der Waals surface area contributed by atoms with E-state index in [9.17, 15) is 9.59 Å². The molecule has 6 nitrogen and oxygen atoms in total. The minimum absolute atomic E-state index is 0.0684. The predicted molar refractivity (Wildman–Crippen MR) is 77.9 cm³/mol. The number of aromatic nitrogens is 1. The number of hydrogen-bond acceptors (Lipinski definition) is 4. The summed E-state index contributed by atoms with van der Waals surface area (Å²) < 4.78 is 0. The van der Waals surface area contributed by atoms with Crippen molar-refractivity contribution in [2.75, 3.05) is 6.54 Å². The lowest BCUT2D eigenvalue weighted by molar-refractivity contribution is -0.146. The highest BCUT2D eigenvalue weighted by molar-refractivity contribution is 7.11. The fourth-order valence-corrected chi connectivity index (χ4v) is 2.23. The molecule has 1 heterocycles. The van der Waals surface area contributed by atoms with Crippen LogP contribution in [-0.2, 0) is 11.2 Å². The van der Waals surface area contributed by atoms with Crippen LogP contribution in [0.3, 0.4) is 0 Å². The third kappa shape index (κ3) is 4.48. The molecule has 0 aliphatic carbocycles. The molecular weight excluding hydrogens is 278 g/mol. The third-order valence-electron chi connectivity index (χ3n) is 2.91. The van der Waals surface area contributed by atoms with Crippen LogP contribution in [0.15, 0.2) is 6.20 Å². The van der Waals surface area contributed by atoms with Gasteiger partial charge >= 0.3 is 12.0 Å². The number of carboxylic acids is 1. The van der Waals surface area contributed by atoms with Gasteiger partial charge < -0.3 is 15.7 Å². The van der Waals surface area contributed by atoms with Gasteiger partial charge in [-0.15, -0.1) is 11.3 Å². The summed E-state index contributed by atoms with van der Waals surface area (Å²) in [7, 11) is 0. The van der Waals surface area contributed by atoms with E-state index in [0.29, 0.717) is 0 Å². The van der Waals surface area contributed by atoms with Gasteiger partial charge in [0.05, 0.1) is 11.5 Å². The molecule has 1 atom stereocenters. The molecule has 1 aromatic rings. The summed E-state index contributed by atoms with van der Waals surface area (Å²) in [5, 5.41) is 15.1. The summed E-state index contributed by atoms with van der Waals surface area (Å²) in [6.45, 7) is 7.09. The predicted octanol–water partition coefficient (Wildman–Crippen LogP) is 2.18. The van der Waals surface area contributed by atoms with Crippen molar-refractivity contribution in [3.8, 4) is 0 Å². The van der Waals surface area contributed by atoms with Crippen LogP contribution in [0, 0.1) is 5.41 Å². The Hall–Kier alpha value is -1.63. The fraction of sp³-hybridized carbons (Fsp3) is 0.615. The molecule has 0 aliphatic heterocycles. The summed E-state index contributed by atoms with van der Waals surface area (Å²) in [6, 6.07) is -0.590. The van der Waals surface area contributed by atoms with E-state index in [1.807, 2.05) is 13.1 Å². The Bertz CT molecular complexity index is 485. The third-order valence-corrected chi connectivity index (χ3v) is 4.23. The maximum atomic E-state index is 11.7. The molecule has 7 heteroatoms. The van der Waals surface area contributed by atoms with E-state index in [4.69, 9.17) is 5.11 Å². The van der Waals surface area contributed by atoms with Crippen LogP contribution in [0.2, 0.25) is 0 Å². The second kappa shape index (κ2) is 6.69. The molecular formula is C13H21N3O3S. The molecule has 0 radical (unpaired) electrons. The Labute approximate surface area is 122 Å². The second-order valence-corrected chi connectivity index (χ2v) is 6.40. The van der Waals surface area contributed by atoms with Crippen molar-refractivity contribution in [1.29, 1.82) is 0 Å². The van der Waals surface area contributed by atoms with Gasteiger partial charge in [-0.1, -0.05) is 6.92 Å². The normalized spacial score (nSPS) is 12.8. The lowest BCUT2D eigenvalue weighted by Gasteiger charge is -2.20. The lowest BCUT2D eigenvalue weighted by Crippen LogP contribution is -2.44. The maximum absolute atomic E-state index is 11.7. The van der Waals surface area contributed by atoms with Gasteiger partial charge in [-0.2, -0.15) is 0 Å². The standard InChI is InChI=1S/C13H21N3O3S/c1-5-9-6-14-10(20-9)8(2)16-12(19)15-7-13(3,4)11(17)18/h6,8H,5,7H2,1-4H3,(H,17,18)(H2,15,16,19).